The number of hydrogen-bond acceptors (Lipinski definition) is 3. The summed E-state index contributed by atoms with van der Waals surface area (Å²) in [6.45, 7) is 5.06. The molecule has 19 heavy (non-hydrogen) atoms. The molecule has 0 aromatic heterocycles. The van der Waals surface area contributed by atoms with Crippen LogP contribution in [0.3, 0.4) is 0 Å². The van der Waals surface area contributed by atoms with Crippen LogP contribution >= 0.6 is 24.0 Å². The highest BCUT2D eigenvalue weighted by atomic mass is 127. The second-order valence-corrected chi connectivity index (χ2v) is 6.41. The summed E-state index contributed by atoms with van der Waals surface area (Å²) in [6, 6.07) is 0. The van der Waals surface area contributed by atoms with Crippen LogP contribution in [0, 0.1) is 18.3 Å². The minimum absolute atomic E-state index is 0. The van der Waals surface area contributed by atoms with Gasteiger partial charge in [0.1, 0.15) is 0 Å². The third-order valence-corrected chi connectivity index (χ3v) is 4.44. The standard InChI is InChI=1S/C12H19N3O2S.HI/c1-3-6-13-12(14-7-4-2)15-9-11-5-8-18(16,17)10-11;/h1,4,11H,2,5-10H2,(H2,13,14,15);1H. The Morgan fingerprint density at radius 3 is 2.79 bits per heavy atom. The lowest BCUT2D eigenvalue weighted by atomic mass is 10.1. The van der Waals surface area contributed by atoms with Crippen molar-refractivity contribution in [1.82, 2.24) is 10.6 Å². The molecule has 1 unspecified atom stereocenters. The molecule has 1 saturated heterocycles. The predicted molar refractivity (Wildman–Crippen MR) is 89.5 cm³/mol. The first-order valence-electron chi connectivity index (χ1n) is 5.84. The maximum atomic E-state index is 11.3. The zero-order valence-electron chi connectivity index (χ0n) is 10.8. The Bertz CT molecular complexity index is 454. The van der Waals surface area contributed by atoms with E-state index in [1.165, 1.54) is 0 Å². The molecule has 1 heterocycles. The molecule has 7 heteroatoms. The van der Waals surface area contributed by atoms with Gasteiger partial charge in [0.15, 0.2) is 15.8 Å². The van der Waals surface area contributed by atoms with Crippen molar-refractivity contribution < 1.29 is 8.42 Å². The summed E-state index contributed by atoms with van der Waals surface area (Å²) in [5.41, 5.74) is 0. The van der Waals surface area contributed by atoms with Crippen LogP contribution < -0.4 is 10.6 Å². The first-order chi connectivity index (χ1) is 8.57. The molecule has 0 aromatic carbocycles. The van der Waals surface area contributed by atoms with Crippen LogP contribution in [-0.4, -0.2) is 45.5 Å². The number of aliphatic imine (C=N–C) groups is 1. The summed E-state index contributed by atoms with van der Waals surface area (Å²) in [4.78, 5) is 4.33. The van der Waals surface area contributed by atoms with Crippen molar-refractivity contribution in [2.24, 2.45) is 10.9 Å². The van der Waals surface area contributed by atoms with E-state index >= 15 is 0 Å². The number of guanidine groups is 1. The number of sulfone groups is 1. The van der Waals surface area contributed by atoms with Gasteiger partial charge in [0.05, 0.1) is 18.1 Å². The van der Waals surface area contributed by atoms with Gasteiger partial charge >= 0.3 is 0 Å². The lowest BCUT2D eigenvalue weighted by Gasteiger charge is -2.10. The molecule has 108 valence electrons. The van der Waals surface area contributed by atoms with Crippen molar-refractivity contribution in [1.29, 1.82) is 0 Å². The molecule has 1 fully saturated rings. The van der Waals surface area contributed by atoms with E-state index in [-0.39, 0.29) is 41.4 Å². The molecule has 0 amide bonds. The summed E-state index contributed by atoms with van der Waals surface area (Å²) in [7, 11) is -2.84. The Hall–Kier alpha value is -0.750. The average Bonchev–Trinajstić information content (AvgIpc) is 2.68. The van der Waals surface area contributed by atoms with Gasteiger partial charge in [0, 0.05) is 13.1 Å². The Morgan fingerprint density at radius 2 is 2.26 bits per heavy atom. The fraction of sp³-hybridized carbons (Fsp3) is 0.583. The Morgan fingerprint density at radius 1 is 1.53 bits per heavy atom. The molecule has 1 aliphatic heterocycles. The Kier molecular flexibility index (Phi) is 8.84. The SMILES string of the molecule is C#CCNC(=NCC1CCS(=O)(=O)C1)NCC=C.I. The number of rotatable bonds is 5. The minimum atomic E-state index is -2.84. The van der Waals surface area contributed by atoms with Crippen LogP contribution in [0.15, 0.2) is 17.6 Å². The highest BCUT2D eigenvalue weighted by Gasteiger charge is 2.27. The van der Waals surface area contributed by atoms with Gasteiger partial charge in [0.25, 0.3) is 0 Å². The van der Waals surface area contributed by atoms with Crippen molar-refractivity contribution in [2.75, 3.05) is 31.1 Å². The van der Waals surface area contributed by atoms with Crippen LogP contribution in [0.4, 0.5) is 0 Å². The normalized spacial score (nSPS) is 21.0. The van der Waals surface area contributed by atoms with Crippen LogP contribution in [0.2, 0.25) is 0 Å². The predicted octanol–water partition coefficient (Wildman–Crippen LogP) is 0.393. The third-order valence-electron chi connectivity index (χ3n) is 2.61. The summed E-state index contributed by atoms with van der Waals surface area (Å²) in [5, 5.41) is 5.98. The van der Waals surface area contributed by atoms with Gasteiger partial charge in [0.2, 0.25) is 0 Å². The number of nitrogens with zero attached hydrogens (tertiary/aromatic N) is 1. The maximum absolute atomic E-state index is 11.3. The van der Waals surface area contributed by atoms with Gasteiger partial charge in [-0.3, -0.25) is 4.99 Å². The zero-order chi connectivity index (χ0) is 13.4. The molecule has 0 radical (unpaired) electrons. The van der Waals surface area contributed by atoms with E-state index in [0.717, 1.165) is 0 Å². The van der Waals surface area contributed by atoms with E-state index in [2.05, 4.69) is 28.1 Å². The van der Waals surface area contributed by atoms with Crippen LogP contribution in [0.5, 0.6) is 0 Å². The molecular weight excluding hydrogens is 377 g/mol. The fourth-order valence-electron chi connectivity index (χ4n) is 1.71. The van der Waals surface area contributed by atoms with Crippen LogP contribution in [0.1, 0.15) is 6.42 Å². The molecule has 1 aliphatic rings. The Labute approximate surface area is 132 Å². The van der Waals surface area contributed by atoms with E-state index in [4.69, 9.17) is 6.42 Å². The molecule has 0 saturated carbocycles. The maximum Gasteiger partial charge on any atom is 0.192 e. The van der Waals surface area contributed by atoms with E-state index in [9.17, 15) is 8.42 Å². The molecule has 1 atom stereocenters. The summed E-state index contributed by atoms with van der Waals surface area (Å²) >= 11 is 0. The molecule has 0 aromatic rings. The second kappa shape index (κ2) is 9.20. The van der Waals surface area contributed by atoms with Crippen LogP contribution in [-0.2, 0) is 9.84 Å². The van der Waals surface area contributed by atoms with Crippen molar-refractivity contribution in [3.8, 4) is 12.3 Å². The number of nitrogens with one attached hydrogen (secondary N) is 2. The molecule has 2 N–H and O–H groups in total. The first-order valence-corrected chi connectivity index (χ1v) is 7.66. The van der Waals surface area contributed by atoms with Crippen molar-refractivity contribution in [3.05, 3.63) is 12.7 Å². The number of halogens is 1. The van der Waals surface area contributed by atoms with Crippen molar-refractivity contribution in [3.63, 3.8) is 0 Å². The average molecular weight is 397 g/mol. The van der Waals surface area contributed by atoms with Gasteiger partial charge in [-0.2, -0.15) is 0 Å². The second-order valence-electron chi connectivity index (χ2n) is 4.19. The minimum Gasteiger partial charge on any atom is -0.353 e. The summed E-state index contributed by atoms with van der Waals surface area (Å²) in [6.07, 6.45) is 7.57. The number of hydrogen-bond donors (Lipinski definition) is 2. The highest BCUT2D eigenvalue weighted by Crippen LogP contribution is 2.18. The van der Waals surface area contributed by atoms with Crippen LogP contribution in [0.25, 0.3) is 0 Å². The van der Waals surface area contributed by atoms with Gasteiger partial charge in [-0.1, -0.05) is 12.0 Å². The zero-order valence-corrected chi connectivity index (χ0v) is 13.9. The van der Waals surface area contributed by atoms with Gasteiger partial charge in [-0.15, -0.1) is 37.0 Å². The quantitative estimate of drug-likeness (QED) is 0.232. The van der Waals surface area contributed by atoms with Crippen molar-refractivity contribution >= 4 is 39.8 Å². The molecular formula is C12H20IN3O2S. The lowest BCUT2D eigenvalue weighted by Crippen LogP contribution is -2.38. The van der Waals surface area contributed by atoms with Gasteiger partial charge in [-0.25, -0.2) is 8.42 Å². The highest BCUT2D eigenvalue weighted by molar-refractivity contribution is 14.0. The summed E-state index contributed by atoms with van der Waals surface area (Å²) < 4.78 is 22.6. The van der Waals surface area contributed by atoms with Gasteiger partial charge < -0.3 is 10.6 Å². The summed E-state index contributed by atoms with van der Waals surface area (Å²) in [5.74, 6) is 3.69. The molecule has 0 bridgehead atoms. The topological polar surface area (TPSA) is 70.6 Å². The van der Waals surface area contributed by atoms with Gasteiger partial charge in [-0.05, 0) is 12.3 Å². The fourth-order valence-corrected chi connectivity index (χ4v) is 3.56. The molecule has 5 nitrogen and oxygen atoms in total. The first kappa shape index (κ1) is 18.2. The molecule has 0 aliphatic carbocycles. The van der Waals surface area contributed by atoms with E-state index < -0.39 is 9.84 Å². The Balaban J connectivity index is 0.00000324. The monoisotopic (exact) mass is 397 g/mol. The van der Waals surface area contributed by atoms with E-state index in [1.807, 2.05) is 0 Å². The largest absolute Gasteiger partial charge is 0.353 e. The smallest absolute Gasteiger partial charge is 0.192 e. The molecule has 1 rings (SSSR count). The van der Waals surface area contributed by atoms with E-state index in [1.54, 1.807) is 6.08 Å². The van der Waals surface area contributed by atoms with E-state index in [0.29, 0.717) is 32.0 Å². The van der Waals surface area contributed by atoms with Crippen molar-refractivity contribution in [2.45, 2.75) is 6.42 Å². The third kappa shape index (κ3) is 7.42. The molecule has 0 spiro atoms. The number of terminal acetylenes is 1. The lowest BCUT2D eigenvalue weighted by molar-refractivity contribution is 0.590.